The van der Waals surface area contributed by atoms with Crippen molar-refractivity contribution in [2.45, 2.75) is 18.9 Å². The van der Waals surface area contributed by atoms with Crippen molar-refractivity contribution in [3.8, 4) is 5.75 Å². The van der Waals surface area contributed by atoms with Gasteiger partial charge in [-0.2, -0.15) is 0 Å². The molecular formula is C11H13NO2. The third-order valence-corrected chi connectivity index (χ3v) is 2.55. The van der Waals surface area contributed by atoms with Gasteiger partial charge in [0.05, 0.1) is 5.56 Å². The first-order valence-corrected chi connectivity index (χ1v) is 4.75. The minimum atomic E-state index is -0.0920. The van der Waals surface area contributed by atoms with E-state index in [1.165, 1.54) is 6.07 Å². The maximum Gasteiger partial charge on any atom is 0.257 e. The minimum absolute atomic E-state index is 0.0602. The van der Waals surface area contributed by atoms with Gasteiger partial charge in [-0.3, -0.25) is 4.79 Å². The van der Waals surface area contributed by atoms with E-state index < -0.39 is 0 Å². The second kappa shape index (κ2) is 3.33. The second-order valence-electron chi connectivity index (χ2n) is 3.66. The van der Waals surface area contributed by atoms with Crippen molar-refractivity contribution in [1.82, 2.24) is 4.90 Å². The molecule has 2 rings (SSSR count). The Morgan fingerprint density at radius 2 is 2.07 bits per heavy atom. The predicted octanol–water partition coefficient (Wildman–Crippen LogP) is 1.63. The Kier molecular flexibility index (Phi) is 2.15. The Hall–Kier alpha value is -1.51. The highest BCUT2D eigenvalue weighted by atomic mass is 16.3. The summed E-state index contributed by atoms with van der Waals surface area (Å²) in [4.78, 5) is 13.5. The van der Waals surface area contributed by atoms with E-state index in [0.717, 1.165) is 12.8 Å². The number of carbonyl (C=O) groups excluding carboxylic acids is 1. The average Bonchev–Trinajstić information content (AvgIpc) is 3.00. The number of amides is 1. The van der Waals surface area contributed by atoms with Crippen molar-refractivity contribution >= 4 is 5.91 Å². The number of phenols is 1. The highest BCUT2D eigenvalue weighted by Crippen LogP contribution is 2.28. The van der Waals surface area contributed by atoms with Gasteiger partial charge in [0, 0.05) is 13.1 Å². The van der Waals surface area contributed by atoms with Crippen LogP contribution in [0.15, 0.2) is 24.3 Å². The molecule has 74 valence electrons. The summed E-state index contributed by atoms with van der Waals surface area (Å²) in [6, 6.07) is 7.03. The van der Waals surface area contributed by atoms with Crippen LogP contribution in [0.4, 0.5) is 0 Å². The highest BCUT2D eigenvalue weighted by molar-refractivity contribution is 5.96. The molecule has 0 unspecified atom stereocenters. The fourth-order valence-electron chi connectivity index (χ4n) is 1.47. The Morgan fingerprint density at radius 3 is 2.64 bits per heavy atom. The molecule has 1 aliphatic rings. The molecular weight excluding hydrogens is 178 g/mol. The summed E-state index contributed by atoms with van der Waals surface area (Å²) in [6.45, 7) is 0. The summed E-state index contributed by atoms with van der Waals surface area (Å²) >= 11 is 0. The first-order valence-electron chi connectivity index (χ1n) is 4.75. The fourth-order valence-corrected chi connectivity index (χ4v) is 1.47. The lowest BCUT2D eigenvalue weighted by Crippen LogP contribution is -2.28. The van der Waals surface area contributed by atoms with Gasteiger partial charge in [0.2, 0.25) is 0 Å². The summed E-state index contributed by atoms with van der Waals surface area (Å²) in [5, 5.41) is 9.48. The van der Waals surface area contributed by atoms with Gasteiger partial charge < -0.3 is 10.0 Å². The molecule has 0 bridgehead atoms. The summed E-state index contributed by atoms with van der Waals surface area (Å²) in [7, 11) is 1.78. The lowest BCUT2D eigenvalue weighted by Gasteiger charge is -2.16. The van der Waals surface area contributed by atoms with Gasteiger partial charge >= 0.3 is 0 Å². The van der Waals surface area contributed by atoms with Crippen molar-refractivity contribution in [1.29, 1.82) is 0 Å². The van der Waals surface area contributed by atoms with Crippen molar-refractivity contribution in [3.63, 3.8) is 0 Å². The molecule has 0 radical (unpaired) electrons. The number of para-hydroxylation sites is 1. The molecule has 14 heavy (non-hydrogen) atoms. The van der Waals surface area contributed by atoms with Gasteiger partial charge in [0.25, 0.3) is 5.91 Å². The molecule has 0 aliphatic heterocycles. The van der Waals surface area contributed by atoms with Crippen LogP contribution in [0.1, 0.15) is 23.2 Å². The van der Waals surface area contributed by atoms with Crippen molar-refractivity contribution in [2.24, 2.45) is 0 Å². The zero-order valence-corrected chi connectivity index (χ0v) is 8.10. The van der Waals surface area contributed by atoms with Gasteiger partial charge in [-0.1, -0.05) is 12.1 Å². The number of nitrogens with zero attached hydrogens (tertiary/aromatic N) is 1. The van der Waals surface area contributed by atoms with Crippen LogP contribution in [0.2, 0.25) is 0 Å². The Labute approximate surface area is 83.0 Å². The number of benzene rings is 1. The Balaban J connectivity index is 2.21. The van der Waals surface area contributed by atoms with E-state index in [0.29, 0.717) is 11.6 Å². The topological polar surface area (TPSA) is 40.5 Å². The van der Waals surface area contributed by atoms with Crippen LogP contribution in [-0.4, -0.2) is 29.0 Å². The highest BCUT2D eigenvalue weighted by Gasteiger charge is 2.30. The molecule has 3 heteroatoms. The number of aromatic hydroxyl groups is 1. The van der Waals surface area contributed by atoms with E-state index in [1.54, 1.807) is 30.1 Å². The second-order valence-corrected chi connectivity index (χ2v) is 3.66. The van der Waals surface area contributed by atoms with Crippen LogP contribution >= 0.6 is 0 Å². The van der Waals surface area contributed by atoms with Gasteiger partial charge in [-0.05, 0) is 25.0 Å². The molecule has 1 aromatic carbocycles. The number of hydrogen-bond donors (Lipinski definition) is 1. The molecule has 1 aliphatic carbocycles. The van der Waals surface area contributed by atoms with Crippen molar-refractivity contribution in [2.75, 3.05) is 7.05 Å². The summed E-state index contributed by atoms with van der Waals surface area (Å²) < 4.78 is 0. The third-order valence-electron chi connectivity index (χ3n) is 2.55. The van der Waals surface area contributed by atoms with Crippen molar-refractivity contribution in [3.05, 3.63) is 29.8 Å². The molecule has 0 spiro atoms. The predicted molar refractivity (Wildman–Crippen MR) is 53.2 cm³/mol. The van der Waals surface area contributed by atoms with Crippen molar-refractivity contribution < 1.29 is 9.90 Å². The number of phenolic OH excluding ortho intramolecular Hbond substituents is 1. The maximum atomic E-state index is 11.8. The van der Waals surface area contributed by atoms with Crippen LogP contribution in [0.5, 0.6) is 5.75 Å². The number of rotatable bonds is 2. The maximum absolute atomic E-state index is 11.8. The standard InChI is InChI=1S/C11H13NO2/c1-12(8-6-7-8)11(14)9-4-2-3-5-10(9)13/h2-5,8,13H,6-7H2,1H3. The first kappa shape index (κ1) is 9.06. The summed E-state index contributed by atoms with van der Waals surface area (Å²) in [6.07, 6.45) is 2.16. The van der Waals surface area contributed by atoms with Crippen LogP contribution < -0.4 is 0 Å². The zero-order chi connectivity index (χ0) is 10.1. The van der Waals surface area contributed by atoms with Gasteiger partial charge in [-0.15, -0.1) is 0 Å². The number of hydrogen-bond acceptors (Lipinski definition) is 2. The lowest BCUT2D eigenvalue weighted by atomic mass is 10.2. The molecule has 0 heterocycles. The number of carbonyl (C=O) groups is 1. The van der Waals surface area contributed by atoms with Crippen LogP contribution in [0.25, 0.3) is 0 Å². The summed E-state index contributed by atoms with van der Waals surface area (Å²) in [5.74, 6) is -0.0319. The molecule has 1 saturated carbocycles. The molecule has 0 aromatic heterocycles. The molecule has 0 saturated heterocycles. The molecule has 1 aromatic rings. The van der Waals surface area contributed by atoms with Crippen LogP contribution in [-0.2, 0) is 0 Å². The molecule has 0 atom stereocenters. The average molecular weight is 191 g/mol. The van der Waals surface area contributed by atoms with E-state index in [1.807, 2.05) is 0 Å². The fraction of sp³-hybridized carbons (Fsp3) is 0.364. The van der Waals surface area contributed by atoms with E-state index >= 15 is 0 Å². The lowest BCUT2D eigenvalue weighted by molar-refractivity contribution is 0.0782. The normalized spacial score (nSPS) is 15.2. The van der Waals surface area contributed by atoms with E-state index in [9.17, 15) is 9.90 Å². The smallest absolute Gasteiger partial charge is 0.257 e. The SMILES string of the molecule is CN(C(=O)c1ccccc1O)C1CC1. The monoisotopic (exact) mass is 191 g/mol. The molecule has 1 fully saturated rings. The van der Waals surface area contributed by atoms with Gasteiger partial charge in [-0.25, -0.2) is 0 Å². The quantitative estimate of drug-likeness (QED) is 0.771. The Morgan fingerprint density at radius 1 is 1.43 bits per heavy atom. The summed E-state index contributed by atoms with van der Waals surface area (Å²) in [5.41, 5.74) is 0.391. The van der Waals surface area contributed by atoms with Crippen LogP contribution in [0, 0.1) is 0 Å². The van der Waals surface area contributed by atoms with E-state index in [2.05, 4.69) is 0 Å². The van der Waals surface area contributed by atoms with Gasteiger partial charge in [0.1, 0.15) is 5.75 Å². The molecule has 1 amide bonds. The largest absolute Gasteiger partial charge is 0.507 e. The van der Waals surface area contributed by atoms with Gasteiger partial charge in [0.15, 0.2) is 0 Å². The first-order chi connectivity index (χ1) is 6.70. The Bertz CT molecular complexity index is 358. The minimum Gasteiger partial charge on any atom is -0.507 e. The zero-order valence-electron chi connectivity index (χ0n) is 8.10. The van der Waals surface area contributed by atoms with E-state index in [4.69, 9.17) is 0 Å². The molecule has 3 nitrogen and oxygen atoms in total. The molecule has 1 N–H and O–H groups in total. The van der Waals surface area contributed by atoms with E-state index in [-0.39, 0.29) is 11.7 Å². The van der Waals surface area contributed by atoms with Crippen LogP contribution in [0.3, 0.4) is 0 Å². The third kappa shape index (κ3) is 1.58.